The summed E-state index contributed by atoms with van der Waals surface area (Å²) in [6.45, 7) is 4.06. The summed E-state index contributed by atoms with van der Waals surface area (Å²) >= 11 is 0. The van der Waals surface area contributed by atoms with E-state index in [2.05, 4.69) is 94.7 Å². The predicted molar refractivity (Wildman–Crippen MR) is 353 cm³/mol. The number of carbonyl (C=O) groups is 15. The smallest absolute Gasteiger partial charge is 0.243 e. The van der Waals surface area contributed by atoms with E-state index in [1.165, 1.54) is 36.4 Å². The molecule has 0 spiro atoms. The van der Waals surface area contributed by atoms with Crippen LogP contribution in [0.5, 0.6) is 17.2 Å². The fourth-order valence-electron chi connectivity index (χ4n) is 10.9. The van der Waals surface area contributed by atoms with E-state index in [0.717, 1.165) is 25.7 Å². The zero-order chi connectivity index (χ0) is 72.9. The third-order valence-electron chi connectivity index (χ3n) is 16.6. The van der Waals surface area contributed by atoms with Gasteiger partial charge in [0.15, 0.2) is 0 Å². The normalized spacial score (nSPS) is 22.4. The lowest BCUT2D eigenvalue weighted by Gasteiger charge is -2.29. The zero-order valence-corrected chi connectivity index (χ0v) is 55.0. The van der Waals surface area contributed by atoms with Crippen LogP contribution in [0.2, 0.25) is 0 Å². The molecule has 0 bridgehead atoms. The Morgan fingerprint density at radius 3 is 0.861 bits per heavy atom. The monoisotopic (exact) mass is 1400 g/mol. The average Bonchev–Trinajstić information content (AvgIpc) is 0.864. The fourth-order valence-corrected chi connectivity index (χ4v) is 10.9. The topological polar surface area (TPSA) is 536 Å². The second-order valence-electron chi connectivity index (χ2n) is 24.7. The maximum absolute atomic E-state index is 13.2. The lowest BCUT2D eigenvalue weighted by atomic mass is 10.00. The van der Waals surface area contributed by atoms with Crippen molar-refractivity contribution in [3.05, 3.63) is 89.5 Å². The molecule has 5 aliphatic rings. The summed E-state index contributed by atoms with van der Waals surface area (Å²) in [6.07, 6.45) is 2.04. The summed E-state index contributed by atoms with van der Waals surface area (Å²) in [5.41, 5.74) is 2.08. The van der Waals surface area contributed by atoms with E-state index in [-0.39, 0.29) is 123 Å². The molecule has 10 atom stereocenters. The molecule has 101 heavy (non-hydrogen) atoms. The van der Waals surface area contributed by atoms with Crippen molar-refractivity contribution < 1.29 is 87.2 Å². The summed E-state index contributed by atoms with van der Waals surface area (Å²) in [5.74, 6) is -8.35. The van der Waals surface area contributed by atoms with Crippen molar-refractivity contribution in [1.29, 1.82) is 0 Å². The van der Waals surface area contributed by atoms with E-state index in [9.17, 15) is 87.2 Å². The van der Waals surface area contributed by atoms with E-state index in [4.69, 9.17) is 0 Å². The summed E-state index contributed by atoms with van der Waals surface area (Å²) < 4.78 is 0. The Morgan fingerprint density at radius 2 is 0.574 bits per heavy atom. The summed E-state index contributed by atoms with van der Waals surface area (Å²) in [7, 11) is 0. The second-order valence-corrected chi connectivity index (χ2v) is 24.7. The van der Waals surface area contributed by atoms with E-state index in [1.54, 1.807) is 50.2 Å². The fraction of sp³-hybridized carbons (Fsp3) is 0.446. The van der Waals surface area contributed by atoms with Crippen molar-refractivity contribution >= 4 is 106 Å². The first kappa shape index (κ1) is 74.9. The molecule has 5 saturated heterocycles. The number of hydrogen-bond donors (Lipinski definition) is 18. The number of benzene rings is 3. The van der Waals surface area contributed by atoms with Crippen molar-refractivity contribution in [2.75, 3.05) is 29.0 Å². The SMILES string of the molecule is CC1NC(=O)C(CC(=O)NCCCCCCNC(=O)CC2NC(=O)C(C)NC2=O)NC1=O.O=C(CCC1NC(=O)C(Cc2ccc(O)cc2)NC1=O)Nc1nc(NC(=O)CCC2NC(=O)C(Cc3ccc(O)cc3)NC2=O)nc(NC(=O)CCC2NC(=O)C(Cc3ccc(O)cc3)NC2=O)n1. The minimum absolute atomic E-state index is 0.0447. The van der Waals surface area contributed by atoms with Gasteiger partial charge in [-0.15, -0.1) is 0 Å². The van der Waals surface area contributed by atoms with Crippen LogP contribution in [-0.4, -0.2) is 192 Å². The van der Waals surface area contributed by atoms with Gasteiger partial charge in [-0.3, -0.25) is 87.9 Å². The lowest BCUT2D eigenvalue weighted by Crippen LogP contribution is -2.62. The Morgan fingerprint density at radius 1 is 0.327 bits per heavy atom. The molecule has 0 radical (unpaired) electrons. The summed E-state index contributed by atoms with van der Waals surface area (Å²) in [6, 6.07) is 9.68. The summed E-state index contributed by atoms with van der Waals surface area (Å²) in [5, 5.41) is 67.2. The van der Waals surface area contributed by atoms with Crippen LogP contribution in [0.1, 0.15) is 108 Å². The molecule has 6 heterocycles. The first-order valence-electron chi connectivity index (χ1n) is 32.8. The van der Waals surface area contributed by atoms with Gasteiger partial charge in [0.2, 0.25) is 106 Å². The third-order valence-corrected chi connectivity index (χ3v) is 16.6. The molecule has 5 fully saturated rings. The molecule has 36 heteroatoms. The molecule has 0 aliphatic carbocycles. The molecule has 9 rings (SSSR count). The molecule has 4 aromatic rings. The highest BCUT2D eigenvalue weighted by Crippen LogP contribution is 2.20. The maximum atomic E-state index is 13.2. The first-order valence-corrected chi connectivity index (χ1v) is 32.8. The van der Waals surface area contributed by atoms with Crippen LogP contribution in [0.15, 0.2) is 72.8 Å². The highest BCUT2D eigenvalue weighted by Gasteiger charge is 2.38. The first-order chi connectivity index (χ1) is 48.2. The number of phenolic OH excluding ortho intramolecular Hbond substituents is 3. The predicted octanol–water partition coefficient (Wildman–Crippen LogP) is -3.61. The highest BCUT2D eigenvalue weighted by atomic mass is 16.3. The van der Waals surface area contributed by atoms with Crippen LogP contribution in [-0.2, 0) is 91.2 Å². The van der Waals surface area contributed by atoms with E-state index in [1.807, 2.05) is 0 Å². The van der Waals surface area contributed by atoms with Crippen LogP contribution in [0.4, 0.5) is 17.8 Å². The van der Waals surface area contributed by atoms with E-state index < -0.39 is 131 Å². The van der Waals surface area contributed by atoms with Gasteiger partial charge in [0.1, 0.15) is 77.7 Å². The lowest BCUT2D eigenvalue weighted by molar-refractivity contribution is -0.138. The van der Waals surface area contributed by atoms with Gasteiger partial charge in [0.05, 0.1) is 12.8 Å². The number of nitrogens with one attached hydrogen (secondary N) is 15. The second kappa shape index (κ2) is 35.6. The Labute approximate surface area is 576 Å². The van der Waals surface area contributed by atoms with Crippen molar-refractivity contribution in [3.8, 4) is 17.2 Å². The van der Waals surface area contributed by atoms with E-state index in [0.29, 0.717) is 29.8 Å². The van der Waals surface area contributed by atoms with Crippen LogP contribution >= 0.6 is 0 Å². The van der Waals surface area contributed by atoms with Crippen molar-refractivity contribution in [2.45, 2.75) is 171 Å². The number of rotatable bonds is 29. The van der Waals surface area contributed by atoms with Crippen molar-refractivity contribution in [2.24, 2.45) is 0 Å². The Kier molecular flexibility index (Phi) is 26.4. The Bertz CT molecular complexity index is 3430. The van der Waals surface area contributed by atoms with E-state index >= 15 is 0 Å². The number of anilines is 3. The third kappa shape index (κ3) is 23.1. The number of unbranched alkanes of at least 4 members (excludes halogenated alkanes) is 3. The quantitative estimate of drug-likeness (QED) is 0.0233. The molecule has 0 saturated carbocycles. The molecule has 18 N–H and O–H groups in total. The van der Waals surface area contributed by atoms with Gasteiger partial charge < -0.3 is 79.1 Å². The maximum Gasteiger partial charge on any atom is 0.243 e. The van der Waals surface area contributed by atoms with Crippen LogP contribution in [0.25, 0.3) is 0 Å². The minimum atomic E-state index is -1.07. The largest absolute Gasteiger partial charge is 0.508 e. The number of hydrogen-bond acceptors (Lipinski definition) is 21. The van der Waals surface area contributed by atoms with Gasteiger partial charge in [-0.25, -0.2) is 0 Å². The number of nitrogens with zero attached hydrogens (tertiary/aromatic N) is 3. The van der Waals surface area contributed by atoms with Crippen LogP contribution < -0.4 is 79.8 Å². The Hall–Kier alpha value is -11.9. The highest BCUT2D eigenvalue weighted by molar-refractivity contribution is 6.02. The van der Waals surface area contributed by atoms with Gasteiger partial charge in [-0.1, -0.05) is 49.2 Å². The number of phenols is 3. The summed E-state index contributed by atoms with van der Waals surface area (Å²) in [4.78, 5) is 200. The molecule has 10 unspecified atom stereocenters. The van der Waals surface area contributed by atoms with Gasteiger partial charge in [-0.05, 0) is 99.0 Å². The number of aromatic hydroxyl groups is 3. The van der Waals surface area contributed by atoms with Crippen molar-refractivity contribution in [1.82, 2.24) is 78.8 Å². The standard InChI is InChI=1S/C45H48N12O12.C20H32N6O6/c58-25-7-1-22(2-8-25)19-31-40(67)46-28(37(64)49-31)13-16-34(61)52-43-55-44(53-35(62)17-14-29-38(65)50-32(41(68)47-29)20-23-3-9-26(59)10-4-23)57-45(56-43)54-36(63)18-15-30-39(66)51-33(42(69)48-30)21-24-5-11-27(60)12-6-24;1-11-17(29)25-13(19(31)23-11)9-15(27)21-7-5-3-4-6-8-22-16(28)10-14-20(32)24-12(2)18(30)26-14/h1-12,28-33,58-60H,13-21H2,(H,46,67)(H,47,68)(H,48,69)(H,49,64)(H,50,65)(H,51,66)(H3,52,53,54,55,56,57,61,62,63);11-14H,3-10H2,1-2H3,(H,21,27)(H,22,28)(H,23,31)(H,24,32)(H,25,29)(H,26,30). The molecule has 1 aromatic heterocycles. The molecule has 15 amide bonds. The molecule has 3 aromatic carbocycles. The number of aromatic nitrogens is 3. The molecular formula is C65H80N18O18. The average molecular weight is 1400 g/mol. The molecule has 36 nitrogen and oxygen atoms in total. The Balaban J connectivity index is 0.000000339. The van der Waals surface area contributed by atoms with Gasteiger partial charge >= 0.3 is 0 Å². The van der Waals surface area contributed by atoms with Crippen molar-refractivity contribution in [3.63, 3.8) is 0 Å². The molecule has 5 aliphatic heterocycles. The van der Waals surface area contributed by atoms with Crippen LogP contribution in [0, 0.1) is 0 Å². The van der Waals surface area contributed by atoms with Gasteiger partial charge in [0, 0.05) is 51.6 Å². The number of amides is 15. The van der Waals surface area contributed by atoms with Gasteiger partial charge in [-0.2, -0.15) is 15.0 Å². The minimum Gasteiger partial charge on any atom is -0.508 e. The van der Waals surface area contributed by atoms with Crippen LogP contribution in [0.3, 0.4) is 0 Å². The number of carbonyl (C=O) groups excluding carboxylic acids is 15. The molecular weight excluding hydrogens is 1320 g/mol. The number of piperazine rings is 5. The molecule has 538 valence electrons. The van der Waals surface area contributed by atoms with Gasteiger partial charge in [0.25, 0.3) is 0 Å². The zero-order valence-electron chi connectivity index (χ0n) is 55.0.